The van der Waals surface area contributed by atoms with Gasteiger partial charge in [-0.05, 0) is 106 Å². The molecule has 0 saturated carbocycles. The first-order valence-corrected chi connectivity index (χ1v) is 20.5. The van der Waals surface area contributed by atoms with Crippen LogP contribution in [0.25, 0.3) is 4.25 Å². The average molecular weight is 886 g/mol. The molecule has 0 bridgehead atoms. The second-order valence-corrected chi connectivity index (χ2v) is 17.1. The van der Waals surface area contributed by atoms with Crippen LogP contribution in [0.1, 0.15) is 26.7 Å². The fourth-order valence-electron chi connectivity index (χ4n) is 4.61. The third-order valence-corrected chi connectivity index (χ3v) is 10.7. The summed E-state index contributed by atoms with van der Waals surface area (Å²) in [6, 6.07) is 27.1. The fraction of sp³-hybridized carbons (Fsp3) is 0.279. The number of methoxy groups -OCH3 is 5. The van der Waals surface area contributed by atoms with Crippen molar-refractivity contribution in [1.82, 2.24) is 0 Å². The predicted molar refractivity (Wildman–Crippen MR) is 239 cm³/mol. The predicted octanol–water partition coefficient (Wildman–Crippen LogP) is 10.9. The maximum Gasteiger partial charge on any atom is 0.294 e. The van der Waals surface area contributed by atoms with E-state index in [1.165, 1.54) is 54.5 Å². The largest absolute Gasteiger partial charge is 0.504 e. The first-order chi connectivity index (χ1) is 28.2. The van der Waals surface area contributed by atoms with E-state index in [9.17, 15) is 15.3 Å². The van der Waals surface area contributed by atoms with E-state index in [1.54, 1.807) is 90.3 Å². The maximum absolute atomic E-state index is 9.68. The maximum atomic E-state index is 9.68. The van der Waals surface area contributed by atoms with Gasteiger partial charge in [0, 0.05) is 34.0 Å². The van der Waals surface area contributed by atoms with Crippen LogP contribution in [0.3, 0.4) is 0 Å². The van der Waals surface area contributed by atoms with Crippen LogP contribution in [0, 0.1) is 6.57 Å². The van der Waals surface area contributed by atoms with Crippen LogP contribution in [-0.2, 0) is 4.74 Å². The van der Waals surface area contributed by atoms with Gasteiger partial charge in [0.05, 0.1) is 44.5 Å². The highest BCUT2D eigenvalue weighted by molar-refractivity contribution is 8.18. The Morgan fingerprint density at radius 1 is 0.542 bits per heavy atom. The summed E-state index contributed by atoms with van der Waals surface area (Å²) in [4.78, 5) is 3.54. The number of phenols is 5. The van der Waals surface area contributed by atoms with Crippen molar-refractivity contribution in [3.63, 3.8) is 0 Å². The number of thiol groups is 1. The van der Waals surface area contributed by atoms with Crippen molar-refractivity contribution in [3.05, 3.63) is 108 Å². The Balaban J connectivity index is 0.000000280. The Bertz CT molecular complexity index is 1990. The second-order valence-electron chi connectivity index (χ2n) is 12.1. The minimum atomic E-state index is -0.163. The van der Waals surface area contributed by atoms with E-state index < -0.39 is 0 Å². The van der Waals surface area contributed by atoms with Crippen molar-refractivity contribution >= 4 is 48.1 Å². The normalized spacial score (nSPS) is 11.2. The van der Waals surface area contributed by atoms with E-state index >= 15 is 0 Å². The molecule has 5 N–H and O–H groups in total. The zero-order valence-corrected chi connectivity index (χ0v) is 37.2. The van der Waals surface area contributed by atoms with Gasteiger partial charge in [-0.25, -0.2) is 10.8 Å². The summed E-state index contributed by atoms with van der Waals surface area (Å²) >= 11 is 8.41. The molecule has 0 atom stereocenters. The molecule has 0 radical (unpaired) electrons. The van der Waals surface area contributed by atoms with Crippen molar-refractivity contribution in [3.8, 4) is 57.5 Å². The van der Waals surface area contributed by atoms with Gasteiger partial charge in [-0.1, -0.05) is 12.1 Å². The lowest BCUT2D eigenvalue weighted by molar-refractivity contribution is 0.198. The van der Waals surface area contributed by atoms with E-state index in [1.807, 2.05) is 24.3 Å². The molecule has 0 spiro atoms. The lowest BCUT2D eigenvalue weighted by Gasteiger charge is -2.24. The zero-order valence-electron chi connectivity index (χ0n) is 33.9. The van der Waals surface area contributed by atoms with Crippen LogP contribution in [-0.4, -0.2) is 78.4 Å². The Morgan fingerprint density at radius 3 is 1.27 bits per heavy atom. The lowest BCUT2D eigenvalue weighted by atomic mass is 10.3. The molecule has 0 aliphatic carbocycles. The molecule has 1 fully saturated rings. The number of para-hydroxylation sites is 2. The van der Waals surface area contributed by atoms with Crippen LogP contribution in [0.5, 0.6) is 57.5 Å². The molecular weight excluding hydrogens is 835 g/mol. The first-order valence-electron chi connectivity index (χ1n) is 17.7. The van der Waals surface area contributed by atoms with Gasteiger partial charge >= 0.3 is 0 Å². The number of thioether (sulfide) groups is 2. The minimum Gasteiger partial charge on any atom is -0.504 e. The SMILES string of the molecule is C1CCOC1.COc1cc(S)ccc1O.COc1cc(SC(C)(C)Sc2ccc(O)c(OC)c2)ccc1O.COc1ccccc1O.[C-]#[N+]Sc1ccc(O)c(OC)c1. The van der Waals surface area contributed by atoms with E-state index in [0.29, 0.717) is 28.7 Å². The smallest absolute Gasteiger partial charge is 0.294 e. The summed E-state index contributed by atoms with van der Waals surface area (Å²) in [5.41, 5.74) is 0. The molecule has 6 rings (SSSR count). The summed E-state index contributed by atoms with van der Waals surface area (Å²) in [6.07, 6.45) is 2.56. The summed E-state index contributed by atoms with van der Waals surface area (Å²) in [5.74, 6) is 2.95. The Kier molecular flexibility index (Phi) is 22.8. The summed E-state index contributed by atoms with van der Waals surface area (Å²) < 4.78 is 32.7. The molecule has 0 aromatic heterocycles. The molecule has 318 valence electrons. The van der Waals surface area contributed by atoms with Gasteiger partial charge in [0.25, 0.3) is 11.9 Å². The van der Waals surface area contributed by atoms with Gasteiger partial charge in [-0.15, -0.1) is 36.2 Å². The molecule has 59 heavy (non-hydrogen) atoms. The molecule has 1 heterocycles. The fourth-order valence-corrected chi connectivity index (χ4v) is 7.67. The Hall–Kier alpha value is -5.05. The standard InChI is InChI=1S/C17H20O4S2.C8H7NO2S.C7H8O2S.C7H8O2.C4H8O/c1-17(2,22-11-5-7-13(18)15(9-11)20-3)23-12-6-8-14(19)16(10-12)21-4;1-9-12-6-3-4-7(10)8(5-6)11-2;1-9-7-4-5(10)2-3-6(7)8;1-9-7-5-3-2-4-6(7)8;1-2-4-5-3-1/h5-10,18-19H,1-4H3;3-5,10H,2H3;2-4,8,10H,1H3;2-5,8H,1H3;1-4H2. The molecule has 1 aliphatic rings. The van der Waals surface area contributed by atoms with Crippen molar-refractivity contribution in [2.75, 3.05) is 48.8 Å². The first kappa shape index (κ1) is 50.1. The Morgan fingerprint density at radius 2 is 0.915 bits per heavy atom. The molecule has 12 nitrogen and oxygen atoms in total. The second kappa shape index (κ2) is 26.9. The molecule has 0 unspecified atom stereocenters. The van der Waals surface area contributed by atoms with Crippen LogP contribution >= 0.6 is 48.1 Å². The monoisotopic (exact) mass is 885 g/mol. The lowest BCUT2D eigenvalue weighted by Crippen LogP contribution is -2.08. The van der Waals surface area contributed by atoms with Gasteiger partial charge in [-0.3, -0.25) is 0 Å². The highest BCUT2D eigenvalue weighted by atomic mass is 32.2. The highest BCUT2D eigenvalue weighted by Gasteiger charge is 2.22. The molecule has 5 aromatic carbocycles. The summed E-state index contributed by atoms with van der Waals surface area (Å²) in [6.45, 7) is 12.8. The van der Waals surface area contributed by atoms with E-state index in [-0.39, 0.29) is 32.8 Å². The zero-order chi connectivity index (χ0) is 43.8. The third kappa shape index (κ3) is 18.6. The molecule has 5 aromatic rings. The van der Waals surface area contributed by atoms with Gasteiger partial charge < -0.3 is 54.0 Å². The molecule has 16 heteroatoms. The van der Waals surface area contributed by atoms with Gasteiger partial charge in [-0.2, -0.15) is 0 Å². The minimum absolute atomic E-state index is 0.0897. The van der Waals surface area contributed by atoms with Crippen molar-refractivity contribution < 1.29 is 54.0 Å². The molecular formula is C43H51NO11S4. The Labute approximate surface area is 364 Å². The number of aromatic hydroxyl groups is 5. The van der Waals surface area contributed by atoms with E-state index in [0.717, 1.165) is 44.7 Å². The van der Waals surface area contributed by atoms with Crippen molar-refractivity contribution in [1.29, 1.82) is 0 Å². The van der Waals surface area contributed by atoms with E-state index in [4.69, 9.17) is 45.2 Å². The third-order valence-electron chi connectivity index (χ3n) is 7.41. The summed E-state index contributed by atoms with van der Waals surface area (Å²) in [7, 11) is 7.57. The quantitative estimate of drug-likeness (QED) is 0.0258. The van der Waals surface area contributed by atoms with Crippen molar-refractivity contribution in [2.45, 2.75) is 50.4 Å². The number of hydrogen-bond acceptors (Lipinski definition) is 15. The topological polar surface area (TPSA) is 161 Å². The van der Waals surface area contributed by atoms with Gasteiger partial charge in [0.1, 0.15) is 0 Å². The highest BCUT2D eigenvalue weighted by Crippen LogP contribution is 2.47. The number of nitrogens with zero attached hydrogens (tertiary/aromatic N) is 1. The van der Waals surface area contributed by atoms with Gasteiger partial charge in [0.15, 0.2) is 57.5 Å². The van der Waals surface area contributed by atoms with Crippen LogP contribution in [0.2, 0.25) is 0 Å². The van der Waals surface area contributed by atoms with Crippen LogP contribution < -0.4 is 23.7 Å². The summed E-state index contributed by atoms with van der Waals surface area (Å²) in [5, 5.41) is 46.6. The number of hydrogen-bond donors (Lipinski definition) is 6. The van der Waals surface area contributed by atoms with Crippen LogP contribution in [0.4, 0.5) is 0 Å². The van der Waals surface area contributed by atoms with E-state index in [2.05, 4.69) is 30.7 Å². The number of benzene rings is 5. The molecule has 1 saturated heterocycles. The average Bonchev–Trinajstić information content (AvgIpc) is 3.83. The number of phenolic OH excluding ortho intramolecular Hbond substituents is 5. The van der Waals surface area contributed by atoms with Crippen LogP contribution in [0.15, 0.2) is 117 Å². The molecule has 0 amide bonds. The number of rotatable bonds is 10. The molecule has 1 aliphatic heterocycles. The van der Waals surface area contributed by atoms with Gasteiger partial charge in [0.2, 0.25) is 0 Å². The number of ether oxygens (including phenoxy) is 6. The van der Waals surface area contributed by atoms with Crippen molar-refractivity contribution in [2.24, 2.45) is 0 Å².